The zero-order valence-corrected chi connectivity index (χ0v) is 10.9. The van der Waals surface area contributed by atoms with Gasteiger partial charge in [0.1, 0.15) is 11.6 Å². The maximum absolute atomic E-state index is 12.1. The smallest absolute Gasteiger partial charge is 0.411 e. The van der Waals surface area contributed by atoms with Gasteiger partial charge in [-0.15, -0.1) is 0 Å². The Labute approximate surface area is 109 Å². The first-order valence-electron chi connectivity index (χ1n) is 5.76. The molecule has 0 saturated carbocycles. The summed E-state index contributed by atoms with van der Waals surface area (Å²) in [6.45, 7) is 1.66. The van der Waals surface area contributed by atoms with Crippen molar-refractivity contribution in [2.45, 2.75) is 51.6 Å². The third kappa shape index (κ3) is 4.62. The molecule has 1 aliphatic rings. The van der Waals surface area contributed by atoms with Crippen molar-refractivity contribution in [3.63, 3.8) is 0 Å². The van der Waals surface area contributed by atoms with Crippen LogP contribution in [-0.4, -0.2) is 53.0 Å². The van der Waals surface area contributed by atoms with E-state index in [-0.39, 0.29) is 13.0 Å². The molecule has 1 amide bonds. The second-order valence-electron chi connectivity index (χ2n) is 5.24. The Kier molecular flexibility index (Phi) is 4.67. The predicted octanol–water partition coefficient (Wildman–Crippen LogP) is 1.69. The van der Waals surface area contributed by atoms with Crippen molar-refractivity contribution in [1.29, 1.82) is 0 Å². The number of ether oxygens (including phenoxy) is 2. The molecule has 1 saturated heterocycles. The molecule has 1 unspecified atom stereocenters. The Morgan fingerprint density at radius 2 is 1.95 bits per heavy atom. The van der Waals surface area contributed by atoms with Crippen molar-refractivity contribution >= 4 is 12.1 Å². The maximum Gasteiger partial charge on any atom is 0.411 e. The molecule has 0 aliphatic carbocycles. The Balaban J connectivity index is 2.74. The van der Waals surface area contributed by atoms with Gasteiger partial charge in [0, 0.05) is 6.42 Å². The maximum atomic E-state index is 12.1. The summed E-state index contributed by atoms with van der Waals surface area (Å²) in [7, 11) is 0. The number of halogens is 2. The summed E-state index contributed by atoms with van der Waals surface area (Å²) in [6.07, 6.45) is -2.03. The summed E-state index contributed by atoms with van der Waals surface area (Å²) in [5.41, 5.74) is -0.790. The minimum Gasteiger partial charge on any atom is -0.480 e. The molecule has 1 heterocycles. The second kappa shape index (κ2) is 5.68. The lowest BCUT2D eigenvalue weighted by Gasteiger charge is -2.26. The third-order valence-electron chi connectivity index (χ3n) is 2.47. The molecule has 0 aromatic heterocycles. The van der Waals surface area contributed by atoms with Gasteiger partial charge in [-0.25, -0.2) is 9.59 Å². The van der Waals surface area contributed by atoms with E-state index in [4.69, 9.17) is 9.84 Å². The minimum absolute atomic E-state index is 0.182. The molecule has 1 rings (SSSR count). The number of rotatable bonds is 3. The van der Waals surface area contributed by atoms with E-state index in [0.717, 1.165) is 4.90 Å². The zero-order valence-electron chi connectivity index (χ0n) is 10.9. The van der Waals surface area contributed by atoms with Gasteiger partial charge in [-0.3, -0.25) is 4.90 Å². The monoisotopic (exact) mass is 281 g/mol. The van der Waals surface area contributed by atoms with Crippen LogP contribution in [0.25, 0.3) is 0 Å². The van der Waals surface area contributed by atoms with Gasteiger partial charge in [-0.2, -0.15) is 8.78 Å². The lowest BCUT2D eigenvalue weighted by Crippen LogP contribution is -2.43. The average Bonchev–Trinajstić information content (AvgIpc) is 2.57. The largest absolute Gasteiger partial charge is 0.480 e. The fraction of sp³-hybridized carbons (Fsp3) is 0.818. The first kappa shape index (κ1) is 15.6. The summed E-state index contributed by atoms with van der Waals surface area (Å²) in [5.74, 6) is -1.27. The van der Waals surface area contributed by atoms with E-state index in [2.05, 4.69) is 4.74 Å². The van der Waals surface area contributed by atoms with Gasteiger partial charge in [-0.05, 0) is 20.8 Å². The highest BCUT2D eigenvalue weighted by Crippen LogP contribution is 2.24. The van der Waals surface area contributed by atoms with Gasteiger partial charge in [0.2, 0.25) is 0 Å². The molecule has 0 radical (unpaired) electrons. The van der Waals surface area contributed by atoms with Crippen molar-refractivity contribution in [1.82, 2.24) is 4.90 Å². The summed E-state index contributed by atoms with van der Waals surface area (Å²) in [4.78, 5) is 23.7. The molecular formula is C11H17F2NO5. The number of carbonyl (C=O) groups excluding carboxylic acids is 1. The Bertz CT molecular complexity index is 355. The van der Waals surface area contributed by atoms with Crippen LogP contribution >= 0.6 is 0 Å². The van der Waals surface area contributed by atoms with Crippen LogP contribution in [0.3, 0.4) is 0 Å². The van der Waals surface area contributed by atoms with Crippen molar-refractivity contribution in [3.8, 4) is 0 Å². The van der Waals surface area contributed by atoms with Gasteiger partial charge in [0.25, 0.3) is 0 Å². The molecule has 1 fully saturated rings. The van der Waals surface area contributed by atoms with Gasteiger partial charge in [-0.1, -0.05) is 0 Å². The molecule has 1 N–H and O–H groups in total. The number of hydrogen-bond acceptors (Lipinski definition) is 4. The minimum atomic E-state index is -3.00. The highest BCUT2D eigenvalue weighted by molar-refractivity contribution is 5.81. The molecular weight excluding hydrogens is 264 g/mol. The predicted molar refractivity (Wildman–Crippen MR) is 59.9 cm³/mol. The number of carbonyl (C=O) groups is 2. The van der Waals surface area contributed by atoms with Crippen LogP contribution in [0.2, 0.25) is 0 Å². The normalized spacial score (nSPS) is 23.8. The molecule has 0 bridgehead atoms. The number of carboxylic acids is 1. The fourth-order valence-electron chi connectivity index (χ4n) is 1.80. The van der Waals surface area contributed by atoms with Crippen LogP contribution in [0, 0.1) is 0 Å². The van der Waals surface area contributed by atoms with Crippen LogP contribution in [0.5, 0.6) is 0 Å². The van der Waals surface area contributed by atoms with Gasteiger partial charge in [0.15, 0.2) is 0 Å². The van der Waals surface area contributed by atoms with Crippen molar-refractivity contribution in [2.75, 3.05) is 6.54 Å². The highest BCUT2D eigenvalue weighted by Gasteiger charge is 2.42. The zero-order chi connectivity index (χ0) is 14.8. The molecule has 8 heteroatoms. The SMILES string of the molecule is CC(C)(C)OC(=O)N1CC(OC(F)F)C[C@H]1C(=O)O. The second-order valence-corrected chi connectivity index (χ2v) is 5.24. The van der Waals surface area contributed by atoms with Crippen molar-refractivity contribution in [2.24, 2.45) is 0 Å². The van der Waals surface area contributed by atoms with Crippen LogP contribution in [0.4, 0.5) is 13.6 Å². The van der Waals surface area contributed by atoms with Gasteiger partial charge >= 0.3 is 18.7 Å². The molecule has 2 atom stereocenters. The number of hydrogen-bond donors (Lipinski definition) is 1. The van der Waals surface area contributed by atoms with E-state index >= 15 is 0 Å². The third-order valence-corrected chi connectivity index (χ3v) is 2.47. The highest BCUT2D eigenvalue weighted by atomic mass is 19.3. The molecule has 19 heavy (non-hydrogen) atoms. The van der Waals surface area contributed by atoms with Crippen LogP contribution in [0.1, 0.15) is 27.2 Å². The standard InChI is InChI=1S/C11H17F2NO5/c1-11(2,3)19-10(17)14-5-6(18-9(12)13)4-7(14)8(15)16/h6-7,9H,4-5H2,1-3H3,(H,15,16)/t6?,7-/m0/s1. The quantitative estimate of drug-likeness (QED) is 0.852. The van der Waals surface area contributed by atoms with E-state index in [9.17, 15) is 18.4 Å². The number of amides is 1. The molecule has 110 valence electrons. The fourth-order valence-corrected chi connectivity index (χ4v) is 1.80. The summed E-state index contributed by atoms with van der Waals surface area (Å²) in [6, 6.07) is -1.21. The summed E-state index contributed by atoms with van der Waals surface area (Å²) >= 11 is 0. The van der Waals surface area contributed by atoms with Gasteiger partial charge in [0.05, 0.1) is 12.6 Å². The van der Waals surface area contributed by atoms with E-state index in [1.807, 2.05) is 0 Å². The average molecular weight is 281 g/mol. The number of nitrogens with zero attached hydrogens (tertiary/aromatic N) is 1. The van der Waals surface area contributed by atoms with Gasteiger partial charge < -0.3 is 14.6 Å². The molecule has 0 aromatic rings. The number of likely N-dealkylation sites (tertiary alicyclic amines) is 1. The van der Waals surface area contributed by atoms with Crippen LogP contribution in [0.15, 0.2) is 0 Å². The Morgan fingerprint density at radius 3 is 2.37 bits per heavy atom. The van der Waals surface area contributed by atoms with Crippen molar-refractivity contribution in [3.05, 3.63) is 0 Å². The summed E-state index contributed by atoms with van der Waals surface area (Å²) in [5, 5.41) is 8.99. The molecule has 6 nitrogen and oxygen atoms in total. The van der Waals surface area contributed by atoms with Crippen LogP contribution in [-0.2, 0) is 14.3 Å². The lowest BCUT2D eigenvalue weighted by molar-refractivity contribution is -0.159. The topological polar surface area (TPSA) is 76.1 Å². The van der Waals surface area contributed by atoms with E-state index in [1.54, 1.807) is 20.8 Å². The van der Waals surface area contributed by atoms with Crippen LogP contribution < -0.4 is 0 Å². The van der Waals surface area contributed by atoms with E-state index in [1.165, 1.54) is 0 Å². The number of carboxylic acid groups (broad SMARTS) is 1. The number of aliphatic carboxylic acids is 1. The Hall–Kier alpha value is -1.44. The summed E-state index contributed by atoms with van der Waals surface area (Å²) < 4.78 is 33.5. The van der Waals surface area contributed by atoms with E-state index < -0.39 is 36.4 Å². The number of alkyl halides is 2. The molecule has 0 spiro atoms. The molecule has 1 aliphatic heterocycles. The van der Waals surface area contributed by atoms with E-state index in [0.29, 0.717) is 0 Å². The lowest BCUT2D eigenvalue weighted by atomic mass is 10.2. The first-order valence-corrected chi connectivity index (χ1v) is 5.76. The first-order chi connectivity index (χ1) is 8.60. The molecule has 0 aromatic carbocycles. The Morgan fingerprint density at radius 1 is 1.37 bits per heavy atom. The van der Waals surface area contributed by atoms with Crippen molar-refractivity contribution < 1.29 is 33.0 Å².